The lowest BCUT2D eigenvalue weighted by Crippen LogP contribution is -2.15. The molecule has 3 N–H and O–H groups in total. The van der Waals surface area contributed by atoms with Gasteiger partial charge in [-0.3, -0.25) is 4.79 Å². The molecule has 0 aliphatic heterocycles. The summed E-state index contributed by atoms with van der Waals surface area (Å²) in [6, 6.07) is 15.6. The summed E-state index contributed by atoms with van der Waals surface area (Å²) in [5, 5.41) is 12.6. The average Bonchev–Trinajstić information content (AvgIpc) is 2.91. The number of hydrogen-bond acceptors (Lipinski definition) is 2. The van der Waals surface area contributed by atoms with Crippen LogP contribution in [0.2, 0.25) is 0 Å². The SMILES string of the molecule is O=C(Nc1ccccc1C(=O)O)c1cc2ccccc2[nH]1. The van der Waals surface area contributed by atoms with Gasteiger partial charge in [0.05, 0.1) is 11.3 Å². The van der Waals surface area contributed by atoms with Crippen molar-refractivity contribution in [3.05, 3.63) is 65.9 Å². The minimum atomic E-state index is -1.08. The summed E-state index contributed by atoms with van der Waals surface area (Å²) in [6.07, 6.45) is 0. The van der Waals surface area contributed by atoms with E-state index in [-0.39, 0.29) is 17.2 Å². The minimum absolute atomic E-state index is 0.0574. The highest BCUT2D eigenvalue weighted by molar-refractivity contribution is 6.08. The zero-order chi connectivity index (χ0) is 14.8. The summed E-state index contributed by atoms with van der Waals surface area (Å²) < 4.78 is 0. The first kappa shape index (κ1) is 12.9. The van der Waals surface area contributed by atoms with E-state index >= 15 is 0 Å². The van der Waals surface area contributed by atoms with E-state index in [1.54, 1.807) is 24.3 Å². The van der Waals surface area contributed by atoms with E-state index in [4.69, 9.17) is 5.11 Å². The van der Waals surface area contributed by atoms with Crippen molar-refractivity contribution < 1.29 is 14.7 Å². The Kier molecular flexibility index (Phi) is 3.16. The van der Waals surface area contributed by atoms with Crippen LogP contribution >= 0.6 is 0 Å². The van der Waals surface area contributed by atoms with Crippen LogP contribution in [0.1, 0.15) is 20.8 Å². The quantitative estimate of drug-likeness (QED) is 0.689. The monoisotopic (exact) mass is 280 g/mol. The van der Waals surface area contributed by atoms with Gasteiger partial charge in [0.25, 0.3) is 5.91 Å². The van der Waals surface area contributed by atoms with Crippen molar-refractivity contribution in [2.75, 3.05) is 5.32 Å². The summed E-state index contributed by atoms with van der Waals surface area (Å²) in [5.41, 5.74) is 1.57. The van der Waals surface area contributed by atoms with Gasteiger partial charge in [0.2, 0.25) is 0 Å². The first-order valence-corrected chi connectivity index (χ1v) is 6.36. The molecule has 0 saturated heterocycles. The number of amides is 1. The molecule has 0 fully saturated rings. The Balaban J connectivity index is 1.91. The van der Waals surface area contributed by atoms with E-state index in [0.29, 0.717) is 5.69 Å². The maximum absolute atomic E-state index is 12.2. The third-order valence-corrected chi connectivity index (χ3v) is 3.18. The summed E-state index contributed by atoms with van der Waals surface area (Å²) in [6.45, 7) is 0. The van der Waals surface area contributed by atoms with E-state index in [9.17, 15) is 9.59 Å². The molecular weight excluding hydrogens is 268 g/mol. The van der Waals surface area contributed by atoms with Crippen molar-refractivity contribution in [3.63, 3.8) is 0 Å². The Morgan fingerprint density at radius 1 is 1.00 bits per heavy atom. The minimum Gasteiger partial charge on any atom is -0.478 e. The molecule has 0 aliphatic rings. The molecule has 0 aliphatic carbocycles. The maximum Gasteiger partial charge on any atom is 0.337 e. The van der Waals surface area contributed by atoms with Gasteiger partial charge in [0.15, 0.2) is 0 Å². The number of aromatic amines is 1. The van der Waals surface area contributed by atoms with Crippen LogP contribution in [0.3, 0.4) is 0 Å². The van der Waals surface area contributed by atoms with Crippen molar-refractivity contribution in [1.29, 1.82) is 0 Å². The van der Waals surface area contributed by atoms with Crippen LogP contribution in [-0.2, 0) is 0 Å². The van der Waals surface area contributed by atoms with Crippen LogP contribution in [0.25, 0.3) is 10.9 Å². The fourth-order valence-corrected chi connectivity index (χ4v) is 2.16. The second-order valence-corrected chi connectivity index (χ2v) is 4.58. The molecular formula is C16H12N2O3. The standard InChI is InChI=1S/C16H12N2O3/c19-15(14-9-10-5-1-3-7-12(10)17-14)18-13-8-4-2-6-11(13)16(20)21/h1-9,17H,(H,18,19)(H,20,21). The van der Waals surface area contributed by atoms with Gasteiger partial charge in [0.1, 0.15) is 5.69 Å². The largest absolute Gasteiger partial charge is 0.478 e. The molecule has 3 aromatic rings. The zero-order valence-electron chi connectivity index (χ0n) is 11.0. The number of carboxylic acids is 1. The lowest BCUT2D eigenvalue weighted by molar-refractivity contribution is 0.0698. The number of fused-ring (bicyclic) bond motifs is 1. The molecule has 1 aromatic heterocycles. The molecule has 0 bridgehead atoms. The van der Waals surface area contributed by atoms with Gasteiger partial charge in [-0.15, -0.1) is 0 Å². The van der Waals surface area contributed by atoms with Crippen molar-refractivity contribution in [2.24, 2.45) is 0 Å². The Labute approximate surface area is 120 Å². The molecule has 5 nitrogen and oxygen atoms in total. The number of aromatic carboxylic acids is 1. The number of carbonyl (C=O) groups excluding carboxylic acids is 1. The number of anilines is 1. The molecule has 0 atom stereocenters. The first-order valence-electron chi connectivity index (χ1n) is 6.36. The number of hydrogen-bond donors (Lipinski definition) is 3. The third kappa shape index (κ3) is 2.49. The Morgan fingerprint density at radius 3 is 2.48 bits per heavy atom. The highest BCUT2D eigenvalue weighted by Gasteiger charge is 2.14. The molecule has 0 saturated carbocycles. The fraction of sp³-hybridized carbons (Fsp3) is 0. The van der Waals surface area contributed by atoms with Gasteiger partial charge in [0, 0.05) is 10.9 Å². The number of H-pyrrole nitrogens is 1. The number of aromatic nitrogens is 1. The summed E-state index contributed by atoms with van der Waals surface area (Å²) in [5.74, 6) is -1.46. The predicted molar refractivity (Wildman–Crippen MR) is 79.7 cm³/mol. The van der Waals surface area contributed by atoms with Gasteiger partial charge in [-0.2, -0.15) is 0 Å². The Hall–Kier alpha value is -3.08. The maximum atomic E-state index is 12.2. The van der Waals surface area contributed by atoms with E-state index in [0.717, 1.165) is 10.9 Å². The van der Waals surface area contributed by atoms with Crippen molar-refractivity contribution in [2.45, 2.75) is 0 Å². The second-order valence-electron chi connectivity index (χ2n) is 4.58. The number of nitrogens with one attached hydrogen (secondary N) is 2. The van der Waals surface area contributed by atoms with Gasteiger partial charge in [-0.05, 0) is 24.3 Å². The normalized spacial score (nSPS) is 10.5. The second kappa shape index (κ2) is 5.13. The van der Waals surface area contributed by atoms with Crippen LogP contribution < -0.4 is 5.32 Å². The van der Waals surface area contributed by atoms with Crippen LogP contribution in [0, 0.1) is 0 Å². The number of benzene rings is 2. The highest BCUT2D eigenvalue weighted by atomic mass is 16.4. The number of para-hydroxylation sites is 2. The number of carbonyl (C=O) groups is 2. The van der Waals surface area contributed by atoms with Crippen molar-refractivity contribution in [3.8, 4) is 0 Å². The summed E-state index contributed by atoms with van der Waals surface area (Å²) >= 11 is 0. The highest BCUT2D eigenvalue weighted by Crippen LogP contribution is 2.18. The van der Waals surface area contributed by atoms with Gasteiger partial charge >= 0.3 is 5.97 Å². The molecule has 5 heteroatoms. The molecule has 2 aromatic carbocycles. The molecule has 0 unspecified atom stereocenters. The predicted octanol–water partition coefficient (Wildman–Crippen LogP) is 3.12. The Morgan fingerprint density at radius 2 is 1.71 bits per heavy atom. The molecule has 0 radical (unpaired) electrons. The van der Waals surface area contributed by atoms with Crippen LogP contribution in [0.15, 0.2) is 54.6 Å². The first-order chi connectivity index (χ1) is 10.1. The third-order valence-electron chi connectivity index (χ3n) is 3.18. The molecule has 1 amide bonds. The van der Waals surface area contributed by atoms with E-state index < -0.39 is 5.97 Å². The number of carboxylic acid groups (broad SMARTS) is 1. The molecule has 1 heterocycles. The molecule has 21 heavy (non-hydrogen) atoms. The van der Waals surface area contributed by atoms with Crippen molar-refractivity contribution in [1.82, 2.24) is 4.98 Å². The smallest absolute Gasteiger partial charge is 0.337 e. The average molecular weight is 280 g/mol. The van der Waals surface area contributed by atoms with Crippen LogP contribution in [0.5, 0.6) is 0 Å². The lowest BCUT2D eigenvalue weighted by Gasteiger charge is -2.06. The number of rotatable bonds is 3. The lowest BCUT2D eigenvalue weighted by atomic mass is 10.1. The van der Waals surface area contributed by atoms with Gasteiger partial charge in [-0.1, -0.05) is 30.3 Å². The topological polar surface area (TPSA) is 82.2 Å². The summed E-state index contributed by atoms with van der Waals surface area (Å²) in [4.78, 5) is 26.3. The van der Waals surface area contributed by atoms with E-state index in [1.165, 1.54) is 6.07 Å². The Bertz CT molecular complexity index is 803. The molecule has 104 valence electrons. The van der Waals surface area contributed by atoms with Gasteiger partial charge < -0.3 is 15.4 Å². The zero-order valence-corrected chi connectivity index (χ0v) is 11.0. The van der Waals surface area contributed by atoms with Crippen LogP contribution in [0.4, 0.5) is 5.69 Å². The fourth-order valence-electron chi connectivity index (χ4n) is 2.16. The van der Waals surface area contributed by atoms with E-state index in [1.807, 2.05) is 24.3 Å². The van der Waals surface area contributed by atoms with Crippen LogP contribution in [-0.4, -0.2) is 22.0 Å². The van der Waals surface area contributed by atoms with Crippen molar-refractivity contribution >= 4 is 28.5 Å². The van der Waals surface area contributed by atoms with E-state index in [2.05, 4.69) is 10.3 Å². The molecule has 0 spiro atoms. The van der Waals surface area contributed by atoms with Gasteiger partial charge in [-0.25, -0.2) is 4.79 Å². The molecule has 3 rings (SSSR count). The summed E-state index contributed by atoms with van der Waals surface area (Å²) in [7, 11) is 0.